The van der Waals surface area contributed by atoms with Crippen molar-refractivity contribution in [2.24, 2.45) is 0 Å². The number of ether oxygens (including phenoxy) is 4. The summed E-state index contributed by atoms with van der Waals surface area (Å²) < 4.78 is 22.0. The maximum Gasteiger partial charge on any atom is 0.307 e. The van der Waals surface area contributed by atoms with E-state index in [0.717, 1.165) is 85.0 Å². The number of rotatable bonds is 48. The Balaban J connectivity index is 4.95. The molecule has 0 saturated carbocycles. The summed E-state index contributed by atoms with van der Waals surface area (Å²) in [6, 6.07) is 0. The fourth-order valence-corrected chi connectivity index (χ4v) is 13.5. The minimum atomic E-state index is -0.204. The highest BCUT2D eigenvalue weighted by atomic mass is 33.1. The van der Waals surface area contributed by atoms with E-state index in [0.29, 0.717) is 52.6 Å². The average Bonchev–Trinajstić information content (AvgIpc) is 3.26. The normalized spacial score (nSPS) is 11.5. The van der Waals surface area contributed by atoms with Gasteiger partial charge in [0.2, 0.25) is 0 Å². The highest BCUT2D eigenvalue weighted by molar-refractivity contribution is 8.77. The van der Waals surface area contributed by atoms with Gasteiger partial charge < -0.3 is 33.6 Å². The predicted molar refractivity (Wildman–Crippen MR) is 281 cm³/mol. The first kappa shape index (κ1) is 62.6. The van der Waals surface area contributed by atoms with Crippen LogP contribution < -0.4 is 0 Å². The van der Waals surface area contributed by atoms with Gasteiger partial charge in [-0.2, -0.15) is 0 Å². The highest BCUT2D eigenvalue weighted by Crippen LogP contribution is 2.24. The Kier molecular flexibility index (Phi) is 49.9. The van der Waals surface area contributed by atoms with E-state index in [1.54, 1.807) is 43.2 Å². The Hall–Kier alpha value is 0.560. The average molecular weight is 1030 g/mol. The van der Waals surface area contributed by atoms with E-state index in [4.69, 9.17) is 18.9 Å². The van der Waals surface area contributed by atoms with Crippen molar-refractivity contribution in [2.45, 2.75) is 118 Å². The van der Waals surface area contributed by atoms with E-state index in [1.165, 1.54) is 51.4 Å². The molecule has 11 nitrogen and oxygen atoms in total. The quantitative estimate of drug-likeness (QED) is 0.0249. The van der Waals surface area contributed by atoms with Crippen molar-refractivity contribution in [3.63, 3.8) is 0 Å². The second-order valence-corrected chi connectivity index (χ2v) is 25.4. The van der Waals surface area contributed by atoms with Crippen LogP contribution in [0, 0.1) is 0 Å². The van der Waals surface area contributed by atoms with Crippen LogP contribution in [-0.2, 0) is 38.1 Å². The molecule has 0 aliphatic heterocycles. The van der Waals surface area contributed by atoms with Crippen LogP contribution >= 0.6 is 86.4 Å². The molecule has 0 heterocycles. The minimum Gasteiger partial charge on any atom is -0.465 e. The molecule has 0 aromatic carbocycles. The lowest BCUT2D eigenvalue weighted by atomic mass is 10.2. The molecule has 0 spiro atoms. The van der Waals surface area contributed by atoms with Gasteiger partial charge in [0.25, 0.3) is 0 Å². The lowest BCUT2D eigenvalue weighted by Gasteiger charge is -2.25. The van der Waals surface area contributed by atoms with Gasteiger partial charge in [0.05, 0.1) is 25.7 Å². The number of hydrogen-bond acceptors (Lipinski definition) is 19. The summed E-state index contributed by atoms with van der Waals surface area (Å²) in [6.07, 6.45) is 12.4. The van der Waals surface area contributed by atoms with E-state index >= 15 is 0 Å². The molecule has 0 radical (unpaired) electrons. The summed E-state index contributed by atoms with van der Waals surface area (Å²) in [5.74, 6) is 6.77. The minimum absolute atomic E-state index is 0.204. The van der Waals surface area contributed by atoms with Gasteiger partial charge in [0.15, 0.2) is 0 Å². The monoisotopic (exact) mass is 1030 g/mol. The smallest absolute Gasteiger partial charge is 0.307 e. The van der Waals surface area contributed by atoms with Crippen molar-refractivity contribution >= 4 is 110 Å². The van der Waals surface area contributed by atoms with E-state index in [9.17, 15) is 19.2 Å². The van der Waals surface area contributed by atoms with Crippen LogP contribution in [0.4, 0.5) is 0 Å². The van der Waals surface area contributed by atoms with E-state index in [-0.39, 0.29) is 49.6 Å². The van der Waals surface area contributed by atoms with Crippen LogP contribution in [0.1, 0.15) is 118 Å². The Bertz CT molecular complexity index is 917. The fraction of sp³-hybridized carbons (Fsp3) is 0.907. The molecule has 0 aliphatic carbocycles. The van der Waals surface area contributed by atoms with Crippen molar-refractivity contribution in [3.8, 4) is 0 Å². The summed E-state index contributed by atoms with van der Waals surface area (Å²) in [4.78, 5) is 57.0. The molecule has 0 N–H and O–H groups in total. The van der Waals surface area contributed by atoms with E-state index < -0.39 is 0 Å². The van der Waals surface area contributed by atoms with Crippen LogP contribution in [-0.4, -0.2) is 170 Å². The van der Waals surface area contributed by atoms with Crippen LogP contribution in [0.25, 0.3) is 0 Å². The molecule has 0 atom stereocenters. The Morgan fingerprint density at radius 3 is 0.823 bits per heavy atom. The number of nitrogens with zero attached hydrogens (tertiary/aromatic N) is 3. The third-order valence-corrected chi connectivity index (χ3v) is 18.8. The Morgan fingerprint density at radius 1 is 0.339 bits per heavy atom. The zero-order chi connectivity index (χ0) is 45.6. The lowest BCUT2D eigenvalue weighted by Crippen LogP contribution is -2.34. The molecule has 0 saturated heterocycles. The molecule has 366 valence electrons. The molecular weight excluding hydrogens is 943 g/mol. The van der Waals surface area contributed by atoms with Gasteiger partial charge in [0.1, 0.15) is 26.4 Å². The van der Waals surface area contributed by atoms with Crippen LogP contribution in [0.15, 0.2) is 0 Å². The van der Waals surface area contributed by atoms with Gasteiger partial charge in [-0.05, 0) is 71.8 Å². The number of carbonyl (C=O) groups excluding carboxylic acids is 4. The standard InChI is InChI=1S/C43H83N3O8S8/c1-6-10-32-55-59-36-28-51-40(47)16-24-45(25-17-41(48)52-29-37-60-56-33-11-7-2)22-14-20-44(5)21-15-23-46(26-18-42(49)53-30-38-61-57-34-12-8-3)27-19-43(50)54-31-39-62-58-35-13-9-4/h6-39H2,1-5H3. The van der Waals surface area contributed by atoms with Gasteiger partial charge in [-0.1, -0.05) is 140 Å². The molecule has 19 heteroatoms. The van der Waals surface area contributed by atoms with E-state index in [2.05, 4.69) is 49.4 Å². The van der Waals surface area contributed by atoms with Crippen molar-refractivity contribution < 1.29 is 38.1 Å². The van der Waals surface area contributed by atoms with Gasteiger partial charge in [-0.25, -0.2) is 0 Å². The predicted octanol–water partition coefficient (Wildman–Crippen LogP) is 10.8. The first-order valence-corrected chi connectivity index (χ1v) is 32.9. The Morgan fingerprint density at radius 2 is 0.581 bits per heavy atom. The van der Waals surface area contributed by atoms with Crippen LogP contribution in [0.5, 0.6) is 0 Å². The summed E-state index contributed by atoms with van der Waals surface area (Å²) in [7, 11) is 16.4. The third-order valence-electron chi connectivity index (χ3n) is 8.93. The van der Waals surface area contributed by atoms with E-state index in [1.807, 2.05) is 43.2 Å². The maximum atomic E-state index is 12.6. The van der Waals surface area contributed by atoms with Crippen LogP contribution in [0.3, 0.4) is 0 Å². The van der Waals surface area contributed by atoms with Gasteiger partial charge >= 0.3 is 23.9 Å². The van der Waals surface area contributed by atoms with Crippen molar-refractivity contribution in [2.75, 3.05) is 132 Å². The second-order valence-electron chi connectivity index (χ2n) is 14.6. The van der Waals surface area contributed by atoms with Crippen molar-refractivity contribution in [1.82, 2.24) is 14.7 Å². The lowest BCUT2D eigenvalue weighted by molar-refractivity contribution is -0.145. The summed E-state index contributed by atoms with van der Waals surface area (Å²) in [5, 5.41) is 0. The number of carbonyl (C=O) groups is 4. The zero-order valence-electron chi connectivity index (χ0n) is 38.9. The van der Waals surface area contributed by atoms with Gasteiger partial charge in [-0.3, -0.25) is 19.2 Å². The molecule has 0 aromatic heterocycles. The fourth-order valence-electron chi connectivity index (χ4n) is 5.24. The maximum absolute atomic E-state index is 12.6. The van der Waals surface area contributed by atoms with Crippen LogP contribution in [0.2, 0.25) is 0 Å². The molecule has 0 aliphatic rings. The molecule has 0 fully saturated rings. The summed E-state index contributed by atoms with van der Waals surface area (Å²) >= 11 is 0. The molecule has 0 unspecified atom stereocenters. The largest absolute Gasteiger partial charge is 0.465 e. The zero-order valence-corrected chi connectivity index (χ0v) is 45.4. The SMILES string of the molecule is CCCCSSCCOC(=O)CCN(CCCN(C)CCCN(CCC(=O)OCCSSCCCC)CCC(=O)OCCSSCCCC)CCC(=O)OCCSSCCCC. The number of hydrogen-bond donors (Lipinski definition) is 0. The molecule has 0 rings (SSSR count). The highest BCUT2D eigenvalue weighted by Gasteiger charge is 2.15. The first-order chi connectivity index (χ1) is 30.2. The molecule has 62 heavy (non-hydrogen) atoms. The van der Waals surface area contributed by atoms with Gasteiger partial charge in [0, 0.05) is 72.2 Å². The van der Waals surface area contributed by atoms with Crippen molar-refractivity contribution in [1.29, 1.82) is 0 Å². The molecule has 0 aromatic rings. The van der Waals surface area contributed by atoms with Gasteiger partial charge in [-0.15, -0.1) is 0 Å². The molecule has 0 amide bonds. The summed E-state index contributed by atoms with van der Waals surface area (Å²) in [5.41, 5.74) is 0. The van der Waals surface area contributed by atoms with Crippen molar-refractivity contribution in [3.05, 3.63) is 0 Å². The Labute approximate surface area is 409 Å². The second kappa shape index (κ2) is 49.5. The number of esters is 4. The summed E-state index contributed by atoms with van der Waals surface area (Å²) in [6.45, 7) is 15.7. The molecule has 0 bridgehead atoms. The molecular formula is C43H83N3O8S8. The number of unbranched alkanes of at least 4 members (excludes halogenated alkanes) is 4. The topological polar surface area (TPSA) is 115 Å². The first-order valence-electron chi connectivity index (χ1n) is 23.0. The third kappa shape index (κ3) is 45.7.